The van der Waals surface area contributed by atoms with Crippen molar-refractivity contribution in [3.8, 4) is 0 Å². The quantitative estimate of drug-likeness (QED) is 0.110. The van der Waals surface area contributed by atoms with E-state index in [0.717, 1.165) is 5.92 Å². The fraction of sp³-hybridized carbons (Fsp3) is 1.00. The molecular weight excluding hydrogens is 354 g/mol. The molecule has 1 nitrogen and oxygen atoms in total. The Morgan fingerprint density at radius 1 is 0.643 bits per heavy atom. The third-order valence-corrected chi connectivity index (χ3v) is 9.17. The molecule has 0 aromatic rings. The van der Waals surface area contributed by atoms with Crippen LogP contribution in [0.15, 0.2) is 0 Å². The second-order valence-corrected chi connectivity index (χ2v) is 11.5. The van der Waals surface area contributed by atoms with Gasteiger partial charge in [0.15, 0.2) is 0 Å². The van der Waals surface area contributed by atoms with Crippen LogP contribution in [0.2, 0.25) is 6.04 Å². The summed E-state index contributed by atoms with van der Waals surface area (Å²) in [6.45, 7) is 11.1. The average Bonchev–Trinajstić information content (AvgIpc) is 2.66. The molecule has 0 saturated heterocycles. The third kappa shape index (κ3) is 12.7. The van der Waals surface area contributed by atoms with Gasteiger partial charge in [-0.2, -0.15) is 0 Å². The van der Waals surface area contributed by atoms with Crippen LogP contribution >= 0.6 is 0 Å². The first-order valence-corrected chi connectivity index (χ1v) is 14.5. The Balaban J connectivity index is 3.46. The Kier molecular flexibility index (Phi) is 17.0. The fourth-order valence-corrected chi connectivity index (χ4v) is 5.44. The standard InChI is InChI=1S/C26H58NSi/c1-7-8-9-10-11-12-13-14-15-16-17-18-19-20-21-22-23-27(5,6)26(3,4)25(2)24-28/h25H,7-24H2,1-6,28H3/q+1. The van der Waals surface area contributed by atoms with Gasteiger partial charge in [0.2, 0.25) is 0 Å². The van der Waals surface area contributed by atoms with Crippen molar-refractivity contribution < 1.29 is 4.48 Å². The zero-order valence-electron chi connectivity index (χ0n) is 21.3. The molecule has 0 saturated carbocycles. The van der Waals surface area contributed by atoms with Crippen LogP contribution in [0.1, 0.15) is 130 Å². The summed E-state index contributed by atoms with van der Waals surface area (Å²) in [5.41, 5.74) is 0.414. The third-order valence-electron chi connectivity index (χ3n) is 7.95. The van der Waals surface area contributed by atoms with E-state index in [4.69, 9.17) is 0 Å². The summed E-state index contributed by atoms with van der Waals surface area (Å²) < 4.78 is 1.19. The molecule has 0 aromatic heterocycles. The van der Waals surface area contributed by atoms with Crippen molar-refractivity contribution >= 4 is 10.2 Å². The normalized spacial score (nSPS) is 13.9. The van der Waals surface area contributed by atoms with Gasteiger partial charge in [0.1, 0.15) is 0 Å². The molecule has 0 N–H and O–H groups in total. The highest BCUT2D eigenvalue weighted by Crippen LogP contribution is 2.31. The average molecular weight is 413 g/mol. The van der Waals surface area contributed by atoms with E-state index in [1.807, 2.05) is 0 Å². The molecular formula is C26H58NSi+. The van der Waals surface area contributed by atoms with Gasteiger partial charge in [-0.15, -0.1) is 0 Å². The molecule has 0 aliphatic carbocycles. The Morgan fingerprint density at radius 3 is 1.29 bits per heavy atom. The summed E-state index contributed by atoms with van der Waals surface area (Å²) in [5.74, 6) is 0.843. The number of quaternary nitrogens is 1. The van der Waals surface area contributed by atoms with Gasteiger partial charge < -0.3 is 4.48 Å². The minimum absolute atomic E-state index is 0.414. The molecule has 170 valence electrons. The molecule has 0 heterocycles. The topological polar surface area (TPSA) is 0 Å². The maximum absolute atomic E-state index is 2.49. The van der Waals surface area contributed by atoms with Gasteiger partial charge in [0, 0.05) is 16.2 Å². The molecule has 1 unspecified atom stereocenters. The number of nitrogens with zero attached hydrogens (tertiary/aromatic N) is 1. The minimum Gasteiger partial charge on any atom is -0.324 e. The molecule has 0 fully saturated rings. The van der Waals surface area contributed by atoms with Crippen molar-refractivity contribution in [1.82, 2.24) is 0 Å². The first-order chi connectivity index (χ1) is 13.3. The smallest absolute Gasteiger partial charge is 0.0954 e. The van der Waals surface area contributed by atoms with Crippen LogP contribution in [-0.4, -0.2) is 40.9 Å². The fourth-order valence-electron chi connectivity index (χ4n) is 4.44. The molecule has 0 aliphatic heterocycles. The molecule has 0 radical (unpaired) electrons. The van der Waals surface area contributed by atoms with E-state index in [-0.39, 0.29) is 0 Å². The van der Waals surface area contributed by atoms with Crippen LogP contribution < -0.4 is 0 Å². The van der Waals surface area contributed by atoms with E-state index in [2.05, 4.69) is 41.8 Å². The minimum atomic E-state index is 0.414. The van der Waals surface area contributed by atoms with Crippen molar-refractivity contribution in [2.45, 2.75) is 142 Å². The number of rotatable bonds is 20. The summed E-state index contributed by atoms with van der Waals surface area (Å²) in [5, 5.41) is 0. The zero-order valence-corrected chi connectivity index (χ0v) is 23.3. The van der Waals surface area contributed by atoms with Crippen LogP contribution in [0, 0.1) is 5.92 Å². The zero-order chi connectivity index (χ0) is 21.3. The van der Waals surface area contributed by atoms with Crippen LogP contribution in [0.5, 0.6) is 0 Å². The first kappa shape index (κ1) is 28.2. The summed E-state index contributed by atoms with van der Waals surface area (Å²) in [6.07, 6.45) is 23.3. The monoisotopic (exact) mass is 412 g/mol. The maximum Gasteiger partial charge on any atom is 0.0954 e. The van der Waals surface area contributed by atoms with Crippen molar-refractivity contribution in [3.63, 3.8) is 0 Å². The Bertz CT molecular complexity index is 337. The van der Waals surface area contributed by atoms with E-state index in [1.165, 1.54) is 130 Å². The number of hydrogen-bond acceptors (Lipinski definition) is 0. The second kappa shape index (κ2) is 16.9. The Morgan fingerprint density at radius 2 is 0.964 bits per heavy atom. The van der Waals surface area contributed by atoms with E-state index in [9.17, 15) is 0 Å². The molecule has 0 spiro atoms. The van der Waals surface area contributed by atoms with Crippen molar-refractivity contribution in [2.24, 2.45) is 5.92 Å². The lowest BCUT2D eigenvalue weighted by molar-refractivity contribution is -0.942. The predicted molar refractivity (Wildman–Crippen MR) is 135 cm³/mol. The molecule has 0 aliphatic rings. The van der Waals surface area contributed by atoms with Crippen LogP contribution in [0.25, 0.3) is 0 Å². The largest absolute Gasteiger partial charge is 0.324 e. The van der Waals surface area contributed by atoms with E-state index in [1.54, 1.807) is 0 Å². The number of unbranched alkanes of at least 4 members (excludes halogenated alkanes) is 15. The highest BCUT2D eigenvalue weighted by Gasteiger charge is 2.39. The molecule has 2 heteroatoms. The summed E-state index contributed by atoms with van der Waals surface area (Å²) >= 11 is 0. The van der Waals surface area contributed by atoms with E-state index < -0.39 is 0 Å². The van der Waals surface area contributed by atoms with Gasteiger partial charge in [-0.3, -0.25) is 0 Å². The lowest BCUT2D eigenvalue weighted by atomic mass is 9.86. The van der Waals surface area contributed by atoms with E-state index in [0.29, 0.717) is 5.54 Å². The van der Waals surface area contributed by atoms with Crippen molar-refractivity contribution in [1.29, 1.82) is 0 Å². The SMILES string of the molecule is CCCCCCCCCCCCCCCCCC[N+](C)(C)C(C)(C)C(C)C[SiH3]. The second-order valence-electron chi connectivity index (χ2n) is 10.7. The summed E-state index contributed by atoms with van der Waals surface area (Å²) in [7, 11) is 6.25. The predicted octanol–water partition coefficient (Wildman–Crippen LogP) is 7.52. The van der Waals surface area contributed by atoms with Crippen LogP contribution in [-0.2, 0) is 0 Å². The molecule has 0 aromatic carbocycles. The lowest BCUT2D eigenvalue weighted by Crippen LogP contribution is -2.59. The van der Waals surface area contributed by atoms with Crippen molar-refractivity contribution in [3.05, 3.63) is 0 Å². The number of hydrogen-bond donors (Lipinski definition) is 0. The Hall–Kier alpha value is 0.177. The molecule has 28 heavy (non-hydrogen) atoms. The molecule has 0 rings (SSSR count). The first-order valence-electron chi connectivity index (χ1n) is 13.1. The van der Waals surface area contributed by atoms with Crippen molar-refractivity contribution in [2.75, 3.05) is 20.6 Å². The highest BCUT2D eigenvalue weighted by atomic mass is 28.1. The summed E-state index contributed by atoms with van der Waals surface area (Å²) in [4.78, 5) is 0. The van der Waals surface area contributed by atoms with Gasteiger partial charge in [0.05, 0.1) is 26.2 Å². The Labute approximate surface area is 183 Å². The van der Waals surface area contributed by atoms with Gasteiger partial charge in [0.25, 0.3) is 0 Å². The maximum atomic E-state index is 2.49. The van der Waals surface area contributed by atoms with Gasteiger partial charge in [-0.1, -0.05) is 110 Å². The lowest BCUT2D eigenvalue weighted by Gasteiger charge is -2.48. The molecule has 0 bridgehead atoms. The van der Waals surface area contributed by atoms with Gasteiger partial charge >= 0.3 is 0 Å². The molecule has 1 atom stereocenters. The van der Waals surface area contributed by atoms with Gasteiger partial charge in [-0.25, -0.2) is 0 Å². The molecule has 0 amide bonds. The van der Waals surface area contributed by atoms with E-state index >= 15 is 0 Å². The van der Waals surface area contributed by atoms with Crippen LogP contribution in [0.3, 0.4) is 0 Å². The highest BCUT2D eigenvalue weighted by molar-refractivity contribution is 6.08. The van der Waals surface area contributed by atoms with Gasteiger partial charge in [-0.05, 0) is 26.7 Å². The van der Waals surface area contributed by atoms with Crippen LogP contribution in [0.4, 0.5) is 0 Å². The summed E-state index contributed by atoms with van der Waals surface area (Å²) in [6, 6.07) is 1.42.